The van der Waals surface area contributed by atoms with Gasteiger partial charge in [0.25, 0.3) is 0 Å². The molecule has 0 aromatic rings. The number of rotatable bonds is 4. The summed E-state index contributed by atoms with van der Waals surface area (Å²) in [6, 6.07) is 0. The molecule has 1 rings (SSSR count). The van der Waals surface area contributed by atoms with Crippen LogP contribution in [-0.2, 0) is 9.47 Å². The van der Waals surface area contributed by atoms with Gasteiger partial charge in [0, 0.05) is 0 Å². The van der Waals surface area contributed by atoms with Crippen LogP contribution < -0.4 is 0 Å². The molecule has 2 N–H and O–H groups in total. The fourth-order valence-electron chi connectivity index (χ4n) is 1.69. The van der Waals surface area contributed by atoms with Crippen molar-refractivity contribution in [3.8, 4) is 0 Å². The van der Waals surface area contributed by atoms with Crippen LogP contribution in [0.25, 0.3) is 0 Å². The van der Waals surface area contributed by atoms with E-state index in [1.807, 2.05) is 19.9 Å². The van der Waals surface area contributed by atoms with Gasteiger partial charge in [0.2, 0.25) is 0 Å². The quantitative estimate of drug-likeness (QED) is 0.563. The zero-order chi connectivity index (χ0) is 13.0. The fraction of sp³-hybridized carbons (Fsp3) is 0.833. The maximum Gasteiger partial charge on any atom is 0.183 e. The minimum absolute atomic E-state index is 0.429. The third-order valence-corrected chi connectivity index (χ3v) is 3.17. The van der Waals surface area contributed by atoms with E-state index in [1.165, 1.54) is 5.57 Å². The lowest BCUT2D eigenvalue weighted by Crippen LogP contribution is -2.51. The summed E-state index contributed by atoms with van der Waals surface area (Å²) in [4.78, 5) is 0. The summed E-state index contributed by atoms with van der Waals surface area (Å²) < 4.78 is 10.8. The Kier molecular flexibility index (Phi) is 5.66. The zero-order valence-corrected chi connectivity index (χ0v) is 10.7. The number of hydrogen-bond acceptors (Lipinski definition) is 4. The molecule has 5 atom stereocenters. The Balaban J connectivity index is 2.43. The van der Waals surface area contributed by atoms with Crippen LogP contribution in [0.5, 0.6) is 0 Å². The van der Waals surface area contributed by atoms with Crippen LogP contribution in [0.4, 0.5) is 0 Å². The van der Waals surface area contributed by atoms with Crippen LogP contribution in [0.1, 0.15) is 27.2 Å². The summed E-state index contributed by atoms with van der Waals surface area (Å²) in [5.41, 5.74) is 1.22. The second-order valence-corrected chi connectivity index (χ2v) is 4.52. The molecular weight excluding hydrogens is 219 g/mol. The highest BCUT2D eigenvalue weighted by Gasteiger charge is 2.40. The SMILES string of the molecule is [B]C1C(O)C(C)OC(OCC/C(C)=C/C)[C@@H]1O. The Hall–Kier alpha value is -0.355. The summed E-state index contributed by atoms with van der Waals surface area (Å²) >= 11 is 0. The van der Waals surface area contributed by atoms with E-state index in [0.29, 0.717) is 6.61 Å². The van der Waals surface area contributed by atoms with Crippen molar-refractivity contribution in [2.45, 2.75) is 57.6 Å². The van der Waals surface area contributed by atoms with Crippen molar-refractivity contribution in [3.63, 3.8) is 0 Å². The molecule has 2 radical (unpaired) electrons. The van der Waals surface area contributed by atoms with Crippen molar-refractivity contribution in [2.75, 3.05) is 6.61 Å². The summed E-state index contributed by atoms with van der Waals surface area (Å²) in [6.45, 7) is 6.16. The monoisotopic (exact) mass is 240 g/mol. The molecule has 0 aliphatic carbocycles. The van der Waals surface area contributed by atoms with Gasteiger partial charge in [-0.05, 0) is 33.0 Å². The highest BCUT2D eigenvalue weighted by molar-refractivity contribution is 6.12. The molecule has 0 bridgehead atoms. The predicted octanol–water partition coefficient (Wildman–Crippen LogP) is 0.783. The Morgan fingerprint density at radius 2 is 2.06 bits per heavy atom. The highest BCUT2D eigenvalue weighted by atomic mass is 16.7. The van der Waals surface area contributed by atoms with Gasteiger partial charge in [-0.15, -0.1) is 0 Å². The molecule has 1 aliphatic heterocycles. The van der Waals surface area contributed by atoms with Crippen molar-refractivity contribution in [3.05, 3.63) is 11.6 Å². The van der Waals surface area contributed by atoms with Crippen molar-refractivity contribution < 1.29 is 19.7 Å². The molecule has 0 aromatic carbocycles. The molecule has 17 heavy (non-hydrogen) atoms. The molecular formula is C12H21BO4. The lowest BCUT2D eigenvalue weighted by Gasteiger charge is -2.40. The van der Waals surface area contributed by atoms with Gasteiger partial charge in [-0.25, -0.2) is 0 Å². The number of aliphatic hydroxyl groups is 2. The van der Waals surface area contributed by atoms with Crippen LogP contribution >= 0.6 is 0 Å². The molecule has 4 unspecified atom stereocenters. The molecule has 0 aromatic heterocycles. The first-order valence-electron chi connectivity index (χ1n) is 5.98. The van der Waals surface area contributed by atoms with Gasteiger partial charge in [-0.1, -0.05) is 11.6 Å². The first-order valence-corrected chi connectivity index (χ1v) is 5.98. The molecule has 96 valence electrons. The van der Waals surface area contributed by atoms with Crippen LogP contribution in [0.3, 0.4) is 0 Å². The molecule has 1 aliphatic rings. The molecule has 0 spiro atoms. The van der Waals surface area contributed by atoms with E-state index < -0.39 is 30.4 Å². The van der Waals surface area contributed by atoms with Crippen LogP contribution in [0.2, 0.25) is 5.82 Å². The average molecular weight is 240 g/mol. The lowest BCUT2D eigenvalue weighted by atomic mass is 9.74. The standard InChI is InChI=1S/C12H21BO4/c1-4-7(2)5-6-16-12-11(15)9(13)10(14)8(3)17-12/h4,8-12,14-15H,5-6H2,1-3H3/b7-4+/t8?,9?,10?,11-,12?/m1/s1. The normalized spacial score (nSPS) is 39.4. The van der Waals surface area contributed by atoms with Gasteiger partial charge in [0.15, 0.2) is 6.29 Å². The van der Waals surface area contributed by atoms with Crippen molar-refractivity contribution in [2.24, 2.45) is 0 Å². The minimum atomic E-state index is -0.993. The molecule has 4 nitrogen and oxygen atoms in total. The smallest absolute Gasteiger partial charge is 0.183 e. The summed E-state index contributed by atoms with van der Waals surface area (Å²) in [7, 11) is 5.69. The first-order chi connectivity index (χ1) is 7.97. The molecule has 5 heteroatoms. The van der Waals surface area contributed by atoms with Crippen LogP contribution in [0.15, 0.2) is 11.6 Å². The largest absolute Gasteiger partial charge is 0.391 e. The molecule has 0 saturated carbocycles. The zero-order valence-electron chi connectivity index (χ0n) is 10.7. The number of aliphatic hydroxyl groups excluding tert-OH is 2. The Morgan fingerprint density at radius 1 is 1.41 bits per heavy atom. The van der Waals surface area contributed by atoms with Gasteiger partial charge < -0.3 is 19.7 Å². The first kappa shape index (κ1) is 14.7. The van der Waals surface area contributed by atoms with Crippen molar-refractivity contribution in [1.29, 1.82) is 0 Å². The van der Waals surface area contributed by atoms with Crippen LogP contribution in [0, 0.1) is 0 Å². The minimum Gasteiger partial charge on any atom is -0.391 e. The van der Waals surface area contributed by atoms with Gasteiger partial charge in [0.1, 0.15) is 6.10 Å². The third-order valence-electron chi connectivity index (χ3n) is 3.17. The van der Waals surface area contributed by atoms with Crippen LogP contribution in [-0.4, -0.2) is 49.3 Å². The van der Waals surface area contributed by atoms with E-state index >= 15 is 0 Å². The third kappa shape index (κ3) is 3.81. The Labute approximate surface area is 104 Å². The van der Waals surface area contributed by atoms with E-state index in [-0.39, 0.29) is 0 Å². The van der Waals surface area contributed by atoms with E-state index in [1.54, 1.807) is 6.92 Å². The Bertz CT molecular complexity index is 269. The molecule has 1 saturated heterocycles. The number of hydrogen-bond donors (Lipinski definition) is 2. The topological polar surface area (TPSA) is 58.9 Å². The maximum absolute atomic E-state index is 9.80. The fourth-order valence-corrected chi connectivity index (χ4v) is 1.69. The Morgan fingerprint density at radius 3 is 2.65 bits per heavy atom. The number of ether oxygens (including phenoxy) is 2. The average Bonchev–Trinajstić information content (AvgIpc) is 2.32. The molecule has 1 fully saturated rings. The van der Waals surface area contributed by atoms with E-state index in [4.69, 9.17) is 17.3 Å². The summed E-state index contributed by atoms with van der Waals surface area (Å²) in [5, 5.41) is 19.4. The molecule has 0 amide bonds. The van der Waals surface area contributed by atoms with E-state index in [0.717, 1.165) is 6.42 Å². The second kappa shape index (κ2) is 6.54. The van der Waals surface area contributed by atoms with Crippen molar-refractivity contribution >= 4 is 7.85 Å². The lowest BCUT2D eigenvalue weighted by molar-refractivity contribution is -0.259. The van der Waals surface area contributed by atoms with E-state index in [2.05, 4.69) is 0 Å². The predicted molar refractivity (Wildman–Crippen MR) is 65.9 cm³/mol. The number of allylic oxidation sites excluding steroid dienone is 1. The molecule has 1 heterocycles. The highest BCUT2D eigenvalue weighted by Crippen LogP contribution is 2.28. The summed E-state index contributed by atoms with van der Waals surface area (Å²) in [6.07, 6.45) is -0.238. The van der Waals surface area contributed by atoms with Crippen molar-refractivity contribution in [1.82, 2.24) is 0 Å². The van der Waals surface area contributed by atoms with Gasteiger partial charge in [0.05, 0.1) is 26.7 Å². The maximum atomic E-state index is 9.80. The van der Waals surface area contributed by atoms with Gasteiger partial charge in [-0.3, -0.25) is 0 Å². The summed E-state index contributed by atoms with van der Waals surface area (Å²) in [5.74, 6) is -0.730. The van der Waals surface area contributed by atoms with E-state index in [9.17, 15) is 10.2 Å². The van der Waals surface area contributed by atoms with Gasteiger partial charge in [-0.2, -0.15) is 0 Å². The second-order valence-electron chi connectivity index (χ2n) is 4.52. The van der Waals surface area contributed by atoms with Gasteiger partial charge >= 0.3 is 0 Å².